The van der Waals surface area contributed by atoms with E-state index in [0.29, 0.717) is 69.9 Å². The number of hydrogen-bond acceptors (Lipinski definition) is 21. The van der Waals surface area contributed by atoms with Crippen molar-refractivity contribution in [3.8, 4) is 148 Å². The molecule has 576 valence electrons. The normalized spacial score (nSPS) is 12.0. The van der Waals surface area contributed by atoms with Crippen molar-refractivity contribution in [2.75, 3.05) is 0 Å². The Labute approximate surface area is 689 Å². The summed E-state index contributed by atoms with van der Waals surface area (Å²) in [7, 11) is 0. The fourth-order valence-corrected chi connectivity index (χ4v) is 14.4. The Kier molecular flexibility index (Phi) is 22.6. The molecule has 0 spiro atoms. The van der Waals surface area contributed by atoms with Crippen molar-refractivity contribution in [1.29, 1.82) is 0 Å². The number of rotatable bonds is 11. The summed E-state index contributed by atoms with van der Waals surface area (Å²) < 4.78 is 0. The van der Waals surface area contributed by atoms with Gasteiger partial charge < -0.3 is 0 Å². The van der Waals surface area contributed by atoms with Gasteiger partial charge in [0, 0.05) is 117 Å². The number of aryl methyl sites for hydroxylation is 5. The van der Waals surface area contributed by atoms with Gasteiger partial charge in [0.1, 0.15) is 40.5 Å². The second kappa shape index (κ2) is 34.7. The molecule has 7 aromatic carbocycles. The maximum atomic E-state index is 4.88. The third-order valence-corrected chi connectivity index (χ3v) is 20.2. The quantitative estimate of drug-likeness (QED) is 0.116. The molecule has 0 bridgehead atoms. The molecule has 2 aliphatic rings. The Hall–Kier alpha value is -15.5. The van der Waals surface area contributed by atoms with Crippen LogP contribution in [0.2, 0.25) is 0 Å². The Balaban J connectivity index is 0.000000114. The summed E-state index contributed by atoms with van der Waals surface area (Å²) in [5.74, 6) is 9.99. The minimum absolute atomic E-state index is 0.0354. The summed E-state index contributed by atoms with van der Waals surface area (Å²) in [6.07, 6.45) is 17.2. The molecule has 0 saturated carbocycles. The largest absolute Gasteiger partial charge is 0.265 e. The molecule has 2 aliphatic carbocycles. The van der Waals surface area contributed by atoms with Gasteiger partial charge in [-0.15, -0.1) is 0 Å². The fourth-order valence-electron chi connectivity index (χ4n) is 14.4. The van der Waals surface area contributed by atoms with Gasteiger partial charge in [0.2, 0.25) is 0 Å². The number of pyridine rings is 6. The van der Waals surface area contributed by atoms with E-state index < -0.39 is 0 Å². The van der Waals surface area contributed by atoms with Crippen LogP contribution in [0, 0.1) is 34.6 Å². The molecule has 119 heavy (non-hydrogen) atoms. The minimum atomic E-state index is -0.0554. The predicted molar refractivity (Wildman–Crippen MR) is 465 cm³/mol. The Morgan fingerprint density at radius 3 is 0.832 bits per heavy atom. The van der Waals surface area contributed by atoms with Gasteiger partial charge in [-0.25, -0.2) is 74.8 Å². The smallest absolute Gasteiger partial charge is 0.182 e. The van der Waals surface area contributed by atoms with Gasteiger partial charge in [-0.3, -0.25) is 29.9 Å². The Bertz CT molecular complexity index is 6110. The van der Waals surface area contributed by atoms with Crippen LogP contribution in [-0.4, -0.2) is 105 Å². The van der Waals surface area contributed by atoms with Crippen LogP contribution in [0.25, 0.3) is 148 Å². The zero-order valence-electron chi connectivity index (χ0n) is 66.9. The van der Waals surface area contributed by atoms with E-state index in [1.54, 1.807) is 62.0 Å². The molecule has 20 rings (SSSR count). The molecular weight excluding hydrogens is 1470 g/mol. The second-order valence-electron chi connectivity index (χ2n) is 29.2. The topological polar surface area (TPSA) is 271 Å². The highest BCUT2D eigenvalue weighted by Gasteiger charge is 2.37. The number of aromatic nitrogens is 21. The van der Waals surface area contributed by atoms with E-state index in [9.17, 15) is 0 Å². The lowest BCUT2D eigenvalue weighted by molar-refractivity contribution is 0.660. The van der Waals surface area contributed by atoms with Crippen molar-refractivity contribution in [1.82, 2.24) is 105 Å². The fraction of sp³-hybridized carbons (Fsp3) is 0.112. The van der Waals surface area contributed by atoms with E-state index in [-0.39, 0.29) is 10.8 Å². The second-order valence-corrected chi connectivity index (χ2v) is 29.2. The van der Waals surface area contributed by atoms with Crippen molar-refractivity contribution < 1.29 is 0 Å². The molecule has 0 unspecified atom stereocenters. The summed E-state index contributed by atoms with van der Waals surface area (Å²) in [5, 5.41) is 0. The van der Waals surface area contributed by atoms with E-state index >= 15 is 0 Å². The first-order chi connectivity index (χ1) is 58.0. The van der Waals surface area contributed by atoms with Crippen molar-refractivity contribution >= 4 is 0 Å². The minimum Gasteiger partial charge on any atom is -0.265 e. The highest BCUT2D eigenvalue weighted by Crippen LogP contribution is 2.51. The SMILES string of the molecule is Cc1nc(-c2ccc(-c3ccccc3)cc2)nc(-c2ccc3c(c2)C(C)(C)c2ccccc2-3)n1.Cc1nc(-c2ccccc2)nc(-c2ccc3c(c2)C(C)(C)c2ccccc2-3)n1.Cc1nc(-c2ccccn2)nc(-c2ccccn2)n1.Cc1nc(-c2cccnc2)nc(-c2cccnc2)n1.Cc1nc(-c2ccncc2)nc(-c2ccncc2)n1. The van der Waals surface area contributed by atoms with Crippen LogP contribution >= 0.6 is 0 Å². The van der Waals surface area contributed by atoms with Crippen LogP contribution in [-0.2, 0) is 10.8 Å². The lowest BCUT2D eigenvalue weighted by Crippen LogP contribution is -2.15. The molecule has 11 heterocycles. The summed E-state index contributed by atoms with van der Waals surface area (Å²) >= 11 is 0. The maximum absolute atomic E-state index is 4.88. The highest BCUT2D eigenvalue weighted by atomic mass is 15.1. The third kappa shape index (κ3) is 17.6. The predicted octanol–water partition coefficient (Wildman–Crippen LogP) is 20.2. The van der Waals surface area contributed by atoms with Crippen molar-refractivity contribution in [2.45, 2.75) is 73.1 Å². The standard InChI is InChI=1S/C31H25N3.C25H21N3.3C14H11N5/c1-20-32-29(23-15-13-22(14-16-23)21-9-5-4-6-10-21)34-30(33-20)24-17-18-26-25-11-7-8-12-27(25)31(2,3)28(26)19-24;1-16-26-23(17-9-5-4-6-10-17)28-24(27-16)18-13-14-20-19-11-7-8-12-21(19)25(2,3)22(20)15-18;1-10-17-13(11-2-6-15-7-3-11)19-14(18-10)12-4-8-16-9-5-12;1-10-17-13(11-4-2-6-15-8-11)19-14(18-10)12-5-3-7-16-9-12;1-10-17-13(11-6-2-4-8-15-11)19-14(18-10)12-7-3-5-9-16-12/h4-19H,1-3H3;4-15H,1-3H3;3*2-9H,1H3. The average Bonchev–Trinajstić information content (AvgIpc) is 1.59. The highest BCUT2D eigenvalue weighted by molar-refractivity contribution is 5.85. The van der Waals surface area contributed by atoms with Crippen molar-refractivity contribution in [3.63, 3.8) is 0 Å². The van der Waals surface area contributed by atoms with E-state index in [4.69, 9.17) is 15.0 Å². The molecule has 0 N–H and O–H groups in total. The molecule has 21 nitrogen and oxygen atoms in total. The van der Waals surface area contributed by atoms with Crippen LogP contribution in [0.5, 0.6) is 0 Å². The lowest BCUT2D eigenvalue weighted by atomic mass is 9.82. The first-order valence-electron chi connectivity index (χ1n) is 38.8. The molecule has 18 aromatic rings. The molecule has 0 aliphatic heterocycles. The summed E-state index contributed by atoms with van der Waals surface area (Å²) in [6.45, 7) is 18.6. The van der Waals surface area contributed by atoms with Gasteiger partial charge in [-0.2, -0.15) is 0 Å². The van der Waals surface area contributed by atoms with Gasteiger partial charge in [-0.1, -0.05) is 198 Å². The first kappa shape index (κ1) is 77.4. The summed E-state index contributed by atoms with van der Waals surface area (Å²) in [4.78, 5) is 92.3. The van der Waals surface area contributed by atoms with E-state index in [1.807, 2.05) is 156 Å². The monoisotopic (exact) mass is 1550 g/mol. The lowest BCUT2D eigenvalue weighted by Gasteiger charge is -2.21. The molecule has 0 fully saturated rings. The molecule has 0 amide bonds. The number of hydrogen-bond donors (Lipinski definition) is 0. The zero-order chi connectivity index (χ0) is 81.8. The molecule has 0 atom stereocenters. The zero-order valence-corrected chi connectivity index (χ0v) is 66.9. The summed E-state index contributed by atoms with van der Waals surface area (Å²) in [6, 6.07) is 85.8. The van der Waals surface area contributed by atoms with Gasteiger partial charge >= 0.3 is 0 Å². The average molecular weight is 1550 g/mol. The van der Waals surface area contributed by atoms with Crippen LogP contribution in [0.15, 0.2) is 317 Å². The molecule has 21 heteroatoms. The van der Waals surface area contributed by atoms with Gasteiger partial charge in [0.15, 0.2) is 58.2 Å². The van der Waals surface area contributed by atoms with E-state index in [2.05, 4.69) is 251 Å². The number of fused-ring (bicyclic) bond motifs is 6. The first-order valence-corrected chi connectivity index (χ1v) is 38.8. The van der Waals surface area contributed by atoms with Gasteiger partial charge in [-0.05, 0) is 175 Å². The number of benzene rings is 7. The number of nitrogens with zero attached hydrogens (tertiary/aromatic N) is 21. The van der Waals surface area contributed by atoms with Gasteiger partial charge in [0.05, 0.1) is 0 Å². The van der Waals surface area contributed by atoms with E-state index in [0.717, 1.165) is 73.4 Å². The van der Waals surface area contributed by atoms with Crippen LogP contribution < -0.4 is 0 Å². The van der Waals surface area contributed by atoms with Crippen molar-refractivity contribution in [3.05, 3.63) is 368 Å². The maximum Gasteiger partial charge on any atom is 0.182 e. The van der Waals surface area contributed by atoms with Crippen LogP contribution in [0.1, 0.15) is 79.1 Å². The molecule has 0 radical (unpaired) electrons. The molecular formula is C98H79N21. The molecule has 11 aromatic heterocycles. The van der Waals surface area contributed by atoms with Crippen LogP contribution in [0.3, 0.4) is 0 Å². The van der Waals surface area contributed by atoms with E-state index in [1.165, 1.54) is 55.6 Å². The summed E-state index contributed by atoms with van der Waals surface area (Å²) in [5.41, 5.74) is 22.0. The Morgan fingerprint density at radius 1 is 0.185 bits per heavy atom. The Morgan fingerprint density at radius 2 is 0.462 bits per heavy atom. The molecule has 0 saturated heterocycles. The van der Waals surface area contributed by atoms with Crippen LogP contribution in [0.4, 0.5) is 0 Å². The van der Waals surface area contributed by atoms with Gasteiger partial charge in [0.25, 0.3) is 0 Å². The third-order valence-electron chi connectivity index (χ3n) is 20.2. The van der Waals surface area contributed by atoms with Crippen molar-refractivity contribution in [2.24, 2.45) is 0 Å².